The molecule has 1 fully saturated rings. The Morgan fingerprint density at radius 3 is 2.53 bits per heavy atom. The number of thiazole rings is 1. The molecule has 0 bridgehead atoms. The van der Waals surface area contributed by atoms with Gasteiger partial charge in [-0.15, -0.1) is 17.0 Å². The number of piperidine rings is 1. The van der Waals surface area contributed by atoms with E-state index >= 15 is 0 Å². The van der Waals surface area contributed by atoms with E-state index in [-0.39, 0.29) is 80.3 Å². The Kier molecular flexibility index (Phi) is 10.3. The number of aryl methyl sites for hydroxylation is 1. The molecule has 8 heteroatoms. The van der Waals surface area contributed by atoms with E-state index in [1.54, 1.807) is 23.6 Å². The van der Waals surface area contributed by atoms with Crippen molar-refractivity contribution in [2.75, 3.05) is 13.1 Å². The van der Waals surface area contributed by atoms with E-state index in [2.05, 4.69) is 31.1 Å². The summed E-state index contributed by atoms with van der Waals surface area (Å²) in [6, 6.07) is 14.8. The molecule has 1 aliphatic heterocycles. The molecule has 0 saturated carbocycles. The summed E-state index contributed by atoms with van der Waals surface area (Å²) in [5, 5.41) is 16.7. The zero-order chi connectivity index (χ0) is 25.0. The Morgan fingerprint density at radius 2 is 1.83 bits per heavy atom. The van der Waals surface area contributed by atoms with Crippen LogP contribution in [0.3, 0.4) is 0 Å². The number of likely N-dealkylation sites (tertiary alicyclic amines) is 1. The number of hydrogen-bond donors (Lipinski definition) is 1. The fraction of sp³-hybridized carbons (Fsp3) is 0.393. The molecule has 0 atom stereocenters. The van der Waals surface area contributed by atoms with Crippen LogP contribution in [-0.4, -0.2) is 39.9 Å². The molecule has 184 valence electrons. The zero-order valence-electron chi connectivity index (χ0n) is 21.5. The maximum Gasteiger partial charge on any atom is 1.00 e. The maximum absolute atomic E-state index is 12.8. The summed E-state index contributed by atoms with van der Waals surface area (Å²) in [5.41, 5.74) is 2.96. The van der Waals surface area contributed by atoms with E-state index < -0.39 is 0 Å². The van der Waals surface area contributed by atoms with E-state index in [1.165, 1.54) is 11.3 Å². The van der Waals surface area contributed by atoms with Crippen molar-refractivity contribution in [3.8, 4) is 5.75 Å². The van der Waals surface area contributed by atoms with Crippen molar-refractivity contribution in [2.24, 2.45) is 0 Å². The van der Waals surface area contributed by atoms with Gasteiger partial charge < -0.3 is 20.1 Å². The predicted octanol–water partition coefficient (Wildman–Crippen LogP) is 3.33. The molecule has 0 radical (unpaired) electrons. The predicted molar refractivity (Wildman–Crippen MR) is 140 cm³/mol. The molecule has 1 saturated heterocycles. The average Bonchev–Trinajstić information content (AvgIpc) is 3.33. The van der Waals surface area contributed by atoms with Gasteiger partial charge in [-0.3, -0.25) is 4.79 Å². The van der Waals surface area contributed by atoms with Gasteiger partial charge in [0.1, 0.15) is 11.7 Å². The van der Waals surface area contributed by atoms with Gasteiger partial charge in [0.15, 0.2) is 0 Å². The standard InChI is InChI=1S/C28H33N3O3S.K/c1-28(2,3)22-9-4-5-10-23(22)29-26(34)24-18-35-27(30-24)20-13-15-31(16-14-20)25(33)12-11-19-7-6-8-21(32)17-19;/h4-10,17-18,20H,11-16H2,1-3H3,(H2,29,32,34);/q;+1/p-1. The fourth-order valence-corrected chi connectivity index (χ4v) is 5.41. The third kappa shape index (κ3) is 7.49. The van der Waals surface area contributed by atoms with Crippen LogP contribution in [0, 0.1) is 0 Å². The normalized spacial score (nSPS) is 14.2. The monoisotopic (exact) mass is 529 g/mol. The number of nitrogens with zero attached hydrogens (tertiary/aromatic N) is 3. The molecule has 0 aliphatic carbocycles. The third-order valence-electron chi connectivity index (χ3n) is 6.41. The second-order valence-corrected chi connectivity index (χ2v) is 11.0. The molecule has 4 rings (SSSR count). The molecule has 2 heterocycles. The molecule has 2 amide bonds. The SMILES string of the molecule is CC(C)(C)c1ccccc1[N-]C(=O)c1csc(C2CCN(C(=O)CCc3cccc(O)c3)CC2)n1.[K+]. The topological polar surface area (TPSA) is 84.6 Å². The quantitative estimate of drug-likeness (QED) is 0.497. The van der Waals surface area contributed by atoms with Crippen molar-refractivity contribution >= 4 is 28.8 Å². The smallest absolute Gasteiger partial charge is 0.621 e. The van der Waals surface area contributed by atoms with Crippen LogP contribution in [0.5, 0.6) is 5.75 Å². The summed E-state index contributed by atoms with van der Waals surface area (Å²) in [7, 11) is 0. The average molecular weight is 530 g/mol. The number of para-hydroxylation sites is 1. The van der Waals surface area contributed by atoms with E-state index in [9.17, 15) is 14.7 Å². The molecule has 6 nitrogen and oxygen atoms in total. The van der Waals surface area contributed by atoms with Crippen LogP contribution in [0.1, 0.15) is 72.6 Å². The van der Waals surface area contributed by atoms with E-state index in [1.807, 2.05) is 35.2 Å². The third-order valence-corrected chi connectivity index (χ3v) is 7.42. The zero-order valence-corrected chi connectivity index (χ0v) is 25.5. The molecule has 1 aromatic heterocycles. The molecule has 1 aliphatic rings. The van der Waals surface area contributed by atoms with E-state index in [0.717, 1.165) is 29.0 Å². The van der Waals surface area contributed by atoms with Gasteiger partial charge in [0.25, 0.3) is 0 Å². The Labute approximate surface area is 259 Å². The first-order chi connectivity index (χ1) is 16.7. The number of phenols is 1. The number of aromatic hydroxyl groups is 1. The number of hydrogen-bond acceptors (Lipinski definition) is 5. The van der Waals surface area contributed by atoms with Crippen LogP contribution in [-0.2, 0) is 16.6 Å². The molecule has 3 aromatic rings. The van der Waals surface area contributed by atoms with Gasteiger partial charge in [-0.05, 0) is 42.4 Å². The molecular formula is C28H32KN3O3S. The molecule has 2 aromatic carbocycles. The van der Waals surface area contributed by atoms with Crippen LogP contribution in [0.25, 0.3) is 5.32 Å². The minimum atomic E-state index is -0.316. The van der Waals surface area contributed by atoms with Gasteiger partial charge in [0.05, 0.1) is 10.7 Å². The Morgan fingerprint density at radius 1 is 1.11 bits per heavy atom. The Hall–Kier alpha value is -1.55. The second kappa shape index (κ2) is 12.8. The first-order valence-electron chi connectivity index (χ1n) is 12.1. The summed E-state index contributed by atoms with van der Waals surface area (Å²) in [6.07, 6.45) is 2.72. The van der Waals surface area contributed by atoms with Gasteiger partial charge in [-0.1, -0.05) is 62.7 Å². The number of carbonyl (C=O) groups excluding carboxylic acids is 2. The first kappa shape index (κ1) is 29.0. The summed E-state index contributed by atoms with van der Waals surface area (Å²) in [5.74, 6) is 0.295. The first-order valence-corrected chi connectivity index (χ1v) is 13.0. The Bertz CT molecular complexity index is 1200. The summed E-state index contributed by atoms with van der Waals surface area (Å²) in [4.78, 5) is 32.0. The van der Waals surface area contributed by atoms with Crippen molar-refractivity contribution < 1.29 is 66.1 Å². The van der Waals surface area contributed by atoms with Gasteiger partial charge in [0.2, 0.25) is 5.91 Å². The summed E-state index contributed by atoms with van der Waals surface area (Å²) in [6.45, 7) is 7.70. The van der Waals surface area contributed by atoms with Crippen LogP contribution in [0.4, 0.5) is 5.69 Å². The molecule has 0 unspecified atom stereocenters. The van der Waals surface area contributed by atoms with Gasteiger partial charge in [-0.2, -0.15) is 0 Å². The molecule has 0 spiro atoms. The van der Waals surface area contributed by atoms with Crippen molar-refractivity contribution in [3.05, 3.63) is 81.1 Å². The van der Waals surface area contributed by atoms with Crippen LogP contribution in [0.15, 0.2) is 53.9 Å². The molecule has 1 N–H and O–H groups in total. The number of rotatable bonds is 6. The number of aromatic nitrogens is 1. The maximum atomic E-state index is 12.8. The van der Waals surface area contributed by atoms with Gasteiger partial charge in [0, 0.05) is 30.8 Å². The largest absolute Gasteiger partial charge is 1.00 e. The van der Waals surface area contributed by atoms with Crippen molar-refractivity contribution in [1.29, 1.82) is 0 Å². The summed E-state index contributed by atoms with van der Waals surface area (Å²) >= 11 is 1.50. The number of benzene rings is 2. The van der Waals surface area contributed by atoms with Gasteiger partial charge in [-0.25, -0.2) is 4.98 Å². The Balaban J connectivity index is 0.00000361. The van der Waals surface area contributed by atoms with Crippen LogP contribution in [0.2, 0.25) is 0 Å². The van der Waals surface area contributed by atoms with Gasteiger partial charge >= 0.3 is 51.4 Å². The number of phenolic OH excluding ortho intramolecular Hbond substituents is 1. The number of carbonyl (C=O) groups is 2. The number of amides is 2. The minimum absolute atomic E-state index is 0. The molecular weight excluding hydrogens is 497 g/mol. The van der Waals surface area contributed by atoms with Crippen molar-refractivity contribution in [2.45, 2.75) is 57.8 Å². The minimum Gasteiger partial charge on any atom is -0.621 e. The molecule has 36 heavy (non-hydrogen) atoms. The summed E-state index contributed by atoms with van der Waals surface area (Å²) < 4.78 is 0. The second-order valence-electron chi connectivity index (χ2n) is 10.1. The van der Waals surface area contributed by atoms with Crippen molar-refractivity contribution in [3.63, 3.8) is 0 Å². The fourth-order valence-electron chi connectivity index (χ4n) is 4.44. The van der Waals surface area contributed by atoms with Crippen molar-refractivity contribution in [1.82, 2.24) is 9.88 Å². The van der Waals surface area contributed by atoms with Crippen LogP contribution < -0.4 is 51.4 Å². The van der Waals surface area contributed by atoms with Crippen LogP contribution >= 0.6 is 11.3 Å². The van der Waals surface area contributed by atoms with E-state index in [0.29, 0.717) is 37.3 Å². The van der Waals surface area contributed by atoms with E-state index in [4.69, 9.17) is 0 Å².